The zero-order chi connectivity index (χ0) is 17.7. The molecule has 0 bridgehead atoms. The van der Waals surface area contributed by atoms with Crippen molar-refractivity contribution in [2.75, 3.05) is 5.32 Å². The van der Waals surface area contributed by atoms with Crippen LogP contribution < -0.4 is 5.32 Å². The first-order valence-electron chi connectivity index (χ1n) is 6.86. The molecule has 1 N–H and O–H groups in total. The van der Waals surface area contributed by atoms with Crippen LogP contribution in [0.3, 0.4) is 0 Å². The van der Waals surface area contributed by atoms with Crippen molar-refractivity contribution < 1.29 is 14.6 Å². The number of nitro groups is 2. The van der Waals surface area contributed by atoms with Crippen molar-refractivity contribution in [1.29, 1.82) is 0 Å². The molecule has 0 spiro atoms. The van der Waals surface area contributed by atoms with Gasteiger partial charge in [-0.05, 0) is 25.1 Å². The van der Waals surface area contributed by atoms with E-state index >= 15 is 0 Å². The van der Waals surface area contributed by atoms with E-state index in [0.717, 1.165) is 6.08 Å². The number of amides is 1. The number of nitrogens with zero attached hydrogens (tertiary/aromatic N) is 2. The lowest BCUT2D eigenvalue weighted by Gasteiger charge is -2.06. The largest absolute Gasteiger partial charge is 0.322 e. The van der Waals surface area contributed by atoms with Crippen molar-refractivity contribution in [3.8, 4) is 0 Å². The molecule has 8 nitrogen and oxygen atoms in total. The third kappa shape index (κ3) is 3.80. The minimum Gasteiger partial charge on any atom is -0.322 e. The summed E-state index contributed by atoms with van der Waals surface area (Å²) >= 11 is 0. The van der Waals surface area contributed by atoms with Crippen LogP contribution in [0.1, 0.15) is 11.1 Å². The molecule has 1 amide bonds. The molecule has 122 valence electrons. The molecule has 2 rings (SSSR count). The summed E-state index contributed by atoms with van der Waals surface area (Å²) in [5, 5.41) is 24.3. The Labute approximate surface area is 136 Å². The average molecular weight is 327 g/mol. The number of hydrogen-bond acceptors (Lipinski definition) is 5. The molecule has 8 heteroatoms. The number of hydrogen-bond donors (Lipinski definition) is 1. The normalized spacial score (nSPS) is 10.5. The second-order valence-corrected chi connectivity index (χ2v) is 4.85. The first-order valence-corrected chi connectivity index (χ1v) is 6.86. The van der Waals surface area contributed by atoms with Crippen LogP contribution >= 0.6 is 0 Å². The van der Waals surface area contributed by atoms with Crippen LogP contribution in [0.4, 0.5) is 17.1 Å². The van der Waals surface area contributed by atoms with E-state index in [1.807, 2.05) is 0 Å². The van der Waals surface area contributed by atoms with Gasteiger partial charge in [-0.3, -0.25) is 25.0 Å². The molecule has 0 aliphatic rings. The first kappa shape index (κ1) is 16.8. The van der Waals surface area contributed by atoms with Crippen LogP contribution in [-0.2, 0) is 4.79 Å². The van der Waals surface area contributed by atoms with Crippen molar-refractivity contribution in [2.24, 2.45) is 0 Å². The molecule has 0 fully saturated rings. The number of para-hydroxylation sites is 1. The van der Waals surface area contributed by atoms with Gasteiger partial charge in [-0.1, -0.05) is 18.2 Å². The molecule has 0 unspecified atom stereocenters. The van der Waals surface area contributed by atoms with Gasteiger partial charge < -0.3 is 5.32 Å². The summed E-state index contributed by atoms with van der Waals surface area (Å²) in [5.74, 6) is -0.545. The highest BCUT2D eigenvalue weighted by Crippen LogP contribution is 2.25. The van der Waals surface area contributed by atoms with E-state index < -0.39 is 15.8 Å². The number of nitro benzene ring substituents is 2. The second-order valence-electron chi connectivity index (χ2n) is 4.85. The quantitative estimate of drug-likeness (QED) is 0.513. The van der Waals surface area contributed by atoms with E-state index in [4.69, 9.17) is 0 Å². The molecule has 0 heterocycles. The van der Waals surface area contributed by atoms with Crippen LogP contribution in [0.2, 0.25) is 0 Å². The minimum absolute atomic E-state index is 0.101. The van der Waals surface area contributed by atoms with E-state index in [9.17, 15) is 25.0 Å². The van der Waals surface area contributed by atoms with Crippen LogP contribution in [0.15, 0.2) is 48.5 Å². The summed E-state index contributed by atoms with van der Waals surface area (Å²) in [5.41, 5.74) is 0.702. The Morgan fingerprint density at radius 3 is 2.29 bits per heavy atom. The summed E-state index contributed by atoms with van der Waals surface area (Å²) in [4.78, 5) is 32.7. The standard InChI is InChI=1S/C16H13N3O5/c1-11-13(6-4-8-14(11)18(21)22)17-16(20)10-9-12-5-2-3-7-15(12)19(23)24/h2-10H,1H3,(H,17,20)/b10-9+. The number of carbonyl (C=O) groups is 1. The molecule has 2 aromatic carbocycles. The van der Waals surface area contributed by atoms with Gasteiger partial charge in [0.1, 0.15) is 0 Å². The highest BCUT2D eigenvalue weighted by Gasteiger charge is 2.14. The Balaban J connectivity index is 2.19. The predicted octanol–water partition coefficient (Wildman–Crippen LogP) is 3.46. The summed E-state index contributed by atoms with van der Waals surface area (Å²) in [7, 11) is 0. The molecule has 0 saturated heterocycles. The summed E-state index contributed by atoms with van der Waals surface area (Å²) < 4.78 is 0. The SMILES string of the molecule is Cc1c(NC(=O)/C=C/c2ccccc2[N+](=O)[O-])cccc1[N+](=O)[O-]. The van der Waals surface area contributed by atoms with Crippen molar-refractivity contribution in [2.45, 2.75) is 6.92 Å². The fraction of sp³-hybridized carbons (Fsp3) is 0.0625. The van der Waals surface area contributed by atoms with E-state index in [-0.39, 0.29) is 16.9 Å². The van der Waals surface area contributed by atoms with Gasteiger partial charge in [0.25, 0.3) is 11.4 Å². The van der Waals surface area contributed by atoms with Gasteiger partial charge in [0.05, 0.1) is 26.7 Å². The summed E-state index contributed by atoms with van der Waals surface area (Å²) in [6, 6.07) is 10.3. The Morgan fingerprint density at radius 2 is 1.62 bits per heavy atom. The fourth-order valence-electron chi connectivity index (χ4n) is 2.09. The highest BCUT2D eigenvalue weighted by atomic mass is 16.6. The van der Waals surface area contributed by atoms with Gasteiger partial charge in [-0.25, -0.2) is 0 Å². The van der Waals surface area contributed by atoms with E-state index in [1.54, 1.807) is 12.1 Å². The third-order valence-electron chi connectivity index (χ3n) is 3.31. The van der Waals surface area contributed by atoms with Crippen molar-refractivity contribution in [3.63, 3.8) is 0 Å². The molecule has 24 heavy (non-hydrogen) atoms. The van der Waals surface area contributed by atoms with Crippen LogP contribution in [-0.4, -0.2) is 15.8 Å². The van der Waals surface area contributed by atoms with Crippen LogP contribution in [0, 0.1) is 27.2 Å². The Morgan fingerprint density at radius 1 is 1.00 bits per heavy atom. The monoisotopic (exact) mass is 327 g/mol. The van der Waals surface area contributed by atoms with Gasteiger partial charge >= 0.3 is 0 Å². The van der Waals surface area contributed by atoms with Gasteiger partial charge in [-0.2, -0.15) is 0 Å². The van der Waals surface area contributed by atoms with Gasteiger partial charge in [0, 0.05) is 18.2 Å². The van der Waals surface area contributed by atoms with Crippen molar-refractivity contribution >= 4 is 29.0 Å². The number of nitrogens with one attached hydrogen (secondary N) is 1. The molecule has 0 atom stereocenters. The van der Waals surface area contributed by atoms with Gasteiger partial charge in [0.2, 0.25) is 5.91 Å². The number of anilines is 1. The van der Waals surface area contributed by atoms with E-state index in [2.05, 4.69) is 5.32 Å². The van der Waals surface area contributed by atoms with E-state index in [1.165, 1.54) is 43.3 Å². The minimum atomic E-state index is -0.545. The fourth-order valence-corrected chi connectivity index (χ4v) is 2.09. The maximum Gasteiger partial charge on any atom is 0.276 e. The molecule has 0 radical (unpaired) electrons. The molecule has 0 aromatic heterocycles. The summed E-state index contributed by atoms with van der Waals surface area (Å²) in [6.45, 7) is 1.53. The average Bonchev–Trinajstić information content (AvgIpc) is 2.54. The number of rotatable bonds is 5. The summed E-state index contributed by atoms with van der Waals surface area (Å²) in [6.07, 6.45) is 2.46. The topological polar surface area (TPSA) is 115 Å². The number of benzene rings is 2. The van der Waals surface area contributed by atoms with Crippen LogP contribution in [0.25, 0.3) is 6.08 Å². The Bertz CT molecular complexity index is 845. The lowest BCUT2D eigenvalue weighted by Crippen LogP contribution is -2.09. The maximum absolute atomic E-state index is 12.0. The predicted molar refractivity (Wildman–Crippen MR) is 88.6 cm³/mol. The molecule has 0 aliphatic carbocycles. The van der Waals surface area contributed by atoms with Crippen molar-refractivity contribution in [1.82, 2.24) is 0 Å². The second kappa shape index (κ2) is 7.14. The Kier molecular flexibility index (Phi) is 5.00. The molecule has 0 saturated carbocycles. The Hall–Kier alpha value is -3.55. The lowest BCUT2D eigenvalue weighted by molar-refractivity contribution is -0.385. The smallest absolute Gasteiger partial charge is 0.276 e. The maximum atomic E-state index is 12.0. The van der Waals surface area contributed by atoms with Gasteiger partial charge in [-0.15, -0.1) is 0 Å². The molecular weight excluding hydrogens is 314 g/mol. The molecule has 2 aromatic rings. The third-order valence-corrected chi connectivity index (χ3v) is 3.31. The van der Waals surface area contributed by atoms with E-state index in [0.29, 0.717) is 11.3 Å². The molecule has 0 aliphatic heterocycles. The van der Waals surface area contributed by atoms with Gasteiger partial charge in [0.15, 0.2) is 0 Å². The number of carbonyl (C=O) groups excluding carboxylic acids is 1. The zero-order valence-electron chi connectivity index (χ0n) is 12.6. The highest BCUT2D eigenvalue weighted by molar-refractivity contribution is 6.02. The van der Waals surface area contributed by atoms with Crippen LogP contribution in [0.5, 0.6) is 0 Å². The zero-order valence-corrected chi connectivity index (χ0v) is 12.6. The lowest BCUT2D eigenvalue weighted by atomic mass is 10.1. The van der Waals surface area contributed by atoms with Crippen molar-refractivity contribution in [3.05, 3.63) is 79.9 Å². The molecular formula is C16H13N3O5. The first-order chi connectivity index (χ1) is 11.4.